The molecule has 0 atom stereocenters. The van der Waals surface area contributed by atoms with Crippen molar-refractivity contribution in [3.8, 4) is 0 Å². The number of fused-ring (bicyclic) bond motifs is 1. The van der Waals surface area contributed by atoms with Gasteiger partial charge in [0.25, 0.3) is 0 Å². The summed E-state index contributed by atoms with van der Waals surface area (Å²) in [5, 5.41) is 6.82. The summed E-state index contributed by atoms with van der Waals surface area (Å²) in [5.41, 5.74) is 3.13. The number of nitrogens with one attached hydrogen (secondary N) is 2. The van der Waals surface area contributed by atoms with E-state index < -0.39 is 5.41 Å². The molecule has 1 aliphatic heterocycles. The van der Waals surface area contributed by atoms with Gasteiger partial charge in [-0.1, -0.05) is 48.5 Å². The normalized spacial score (nSPS) is 15.6. The number of hydrogen-bond acceptors (Lipinski definition) is 5. The number of esters is 1. The van der Waals surface area contributed by atoms with Crippen LogP contribution in [0.5, 0.6) is 0 Å². The van der Waals surface area contributed by atoms with E-state index in [1.54, 1.807) is 0 Å². The van der Waals surface area contributed by atoms with Gasteiger partial charge in [0.05, 0.1) is 23.7 Å². The number of likely N-dealkylation sites (tertiary alicyclic amines) is 1. The number of urea groups is 1. The summed E-state index contributed by atoms with van der Waals surface area (Å²) in [6.45, 7) is 4.75. The van der Waals surface area contributed by atoms with Crippen LogP contribution in [0.1, 0.15) is 24.1 Å². The molecule has 1 fully saturated rings. The van der Waals surface area contributed by atoms with Crippen LogP contribution in [-0.4, -0.2) is 55.2 Å². The van der Waals surface area contributed by atoms with Gasteiger partial charge < -0.3 is 20.3 Å². The first-order valence-electron chi connectivity index (χ1n) is 11.7. The van der Waals surface area contributed by atoms with Crippen molar-refractivity contribution >= 4 is 28.6 Å². The Labute approximate surface area is 200 Å². The lowest BCUT2D eigenvalue weighted by atomic mass is 9.73. The van der Waals surface area contributed by atoms with Crippen LogP contribution in [0.3, 0.4) is 0 Å². The Hall–Kier alpha value is -3.45. The van der Waals surface area contributed by atoms with E-state index in [0.29, 0.717) is 13.0 Å². The van der Waals surface area contributed by atoms with Crippen LogP contribution in [0, 0.1) is 12.3 Å². The second-order valence-corrected chi connectivity index (χ2v) is 8.99. The first-order valence-corrected chi connectivity index (χ1v) is 11.7. The first kappa shape index (κ1) is 23.7. The van der Waals surface area contributed by atoms with E-state index in [1.807, 2.05) is 55.5 Å². The number of anilines is 1. The second-order valence-electron chi connectivity index (χ2n) is 8.99. The lowest BCUT2D eigenvalue weighted by Crippen LogP contribution is -2.48. The molecule has 1 aliphatic rings. The summed E-state index contributed by atoms with van der Waals surface area (Å²) < 4.78 is 5.18. The molecule has 2 N–H and O–H groups in total. The maximum absolute atomic E-state index is 12.7. The molecule has 4 rings (SSSR count). The number of ether oxygens (including phenoxy) is 1. The molecule has 7 nitrogen and oxygen atoms in total. The summed E-state index contributed by atoms with van der Waals surface area (Å²) in [4.78, 5) is 32.0. The van der Waals surface area contributed by atoms with E-state index in [4.69, 9.17) is 4.74 Å². The summed E-state index contributed by atoms with van der Waals surface area (Å²) in [7, 11) is 1.47. The number of aromatic nitrogens is 1. The van der Waals surface area contributed by atoms with Gasteiger partial charge in [0.2, 0.25) is 0 Å². The van der Waals surface area contributed by atoms with Crippen LogP contribution < -0.4 is 10.6 Å². The molecular weight excluding hydrogens is 428 g/mol. The maximum Gasteiger partial charge on any atom is 0.319 e. The maximum atomic E-state index is 12.7. The minimum absolute atomic E-state index is 0.131. The molecule has 7 heteroatoms. The highest BCUT2D eigenvalue weighted by atomic mass is 16.5. The van der Waals surface area contributed by atoms with Crippen LogP contribution in [0.4, 0.5) is 10.5 Å². The summed E-state index contributed by atoms with van der Waals surface area (Å²) in [5.74, 6) is -0.131. The zero-order chi connectivity index (χ0) is 24.0. The van der Waals surface area contributed by atoms with Crippen molar-refractivity contribution in [2.75, 3.05) is 38.6 Å². The van der Waals surface area contributed by atoms with Crippen LogP contribution >= 0.6 is 0 Å². The highest BCUT2D eigenvalue weighted by molar-refractivity contribution is 6.00. The average Bonchev–Trinajstić information content (AvgIpc) is 2.85. The zero-order valence-electron chi connectivity index (χ0n) is 19.8. The average molecular weight is 461 g/mol. The molecule has 0 saturated carbocycles. The molecule has 0 unspecified atom stereocenters. The molecule has 1 aromatic heterocycles. The van der Waals surface area contributed by atoms with Crippen molar-refractivity contribution in [2.45, 2.75) is 26.2 Å². The number of aryl methyl sites for hydroxylation is 1. The molecule has 0 aliphatic carbocycles. The Morgan fingerprint density at radius 2 is 1.76 bits per heavy atom. The third-order valence-electron chi connectivity index (χ3n) is 6.62. The largest absolute Gasteiger partial charge is 0.469 e. The summed E-state index contributed by atoms with van der Waals surface area (Å²) in [6.07, 6.45) is 2.17. The summed E-state index contributed by atoms with van der Waals surface area (Å²) in [6, 6.07) is 19.5. The number of carbonyl (C=O) groups is 2. The van der Waals surface area contributed by atoms with Crippen LogP contribution in [-0.2, 0) is 16.0 Å². The van der Waals surface area contributed by atoms with Gasteiger partial charge in [0, 0.05) is 24.2 Å². The van der Waals surface area contributed by atoms with Crippen molar-refractivity contribution in [3.05, 3.63) is 71.9 Å². The number of piperidine rings is 1. The minimum atomic E-state index is -0.488. The molecule has 2 amide bonds. The molecule has 178 valence electrons. The van der Waals surface area contributed by atoms with Crippen molar-refractivity contribution in [3.63, 3.8) is 0 Å². The van der Waals surface area contributed by atoms with E-state index in [-0.39, 0.29) is 12.0 Å². The predicted octanol–water partition coefficient (Wildman–Crippen LogP) is 4.16. The monoisotopic (exact) mass is 460 g/mol. The predicted molar refractivity (Wildman–Crippen MR) is 134 cm³/mol. The van der Waals surface area contributed by atoms with Gasteiger partial charge in [0.1, 0.15) is 0 Å². The van der Waals surface area contributed by atoms with Crippen molar-refractivity contribution in [1.82, 2.24) is 15.2 Å². The molecule has 3 aromatic rings. The number of pyridine rings is 1. The van der Waals surface area contributed by atoms with Crippen LogP contribution in [0.25, 0.3) is 10.9 Å². The molecule has 1 saturated heterocycles. The smallest absolute Gasteiger partial charge is 0.319 e. The highest BCUT2D eigenvalue weighted by Crippen LogP contribution is 2.36. The van der Waals surface area contributed by atoms with Crippen LogP contribution in [0.2, 0.25) is 0 Å². The van der Waals surface area contributed by atoms with Gasteiger partial charge in [-0.3, -0.25) is 9.78 Å². The fourth-order valence-electron chi connectivity index (χ4n) is 4.77. The number of hydrogen-bond donors (Lipinski definition) is 2. The Kier molecular flexibility index (Phi) is 7.43. The van der Waals surface area contributed by atoms with Crippen molar-refractivity contribution < 1.29 is 14.3 Å². The Morgan fingerprint density at radius 1 is 1.06 bits per heavy atom. The minimum Gasteiger partial charge on any atom is -0.469 e. The van der Waals surface area contributed by atoms with Crippen molar-refractivity contribution in [1.29, 1.82) is 0 Å². The molecule has 0 radical (unpaired) electrons. The number of benzene rings is 2. The molecular formula is C27H32N4O3. The van der Waals surface area contributed by atoms with E-state index in [0.717, 1.165) is 60.3 Å². The fourth-order valence-corrected chi connectivity index (χ4v) is 4.77. The molecule has 34 heavy (non-hydrogen) atoms. The lowest BCUT2D eigenvalue weighted by molar-refractivity contribution is -0.156. The van der Waals surface area contributed by atoms with Crippen molar-refractivity contribution in [2.24, 2.45) is 5.41 Å². The van der Waals surface area contributed by atoms with Gasteiger partial charge in [0.15, 0.2) is 0 Å². The molecule has 2 heterocycles. The number of methoxy groups -OCH3 is 1. The number of carbonyl (C=O) groups excluding carboxylic acids is 2. The lowest BCUT2D eigenvalue weighted by Gasteiger charge is -2.39. The van der Waals surface area contributed by atoms with Gasteiger partial charge in [-0.25, -0.2) is 4.79 Å². The first-order chi connectivity index (χ1) is 16.5. The standard InChI is InChI=1S/C27H32N4O3/c1-20-18-24(22-10-6-7-11-23(22)29-20)30-26(33)28-14-17-31-15-12-27(13-16-31,25(32)34-2)19-21-8-4-3-5-9-21/h3-11,18H,12-17,19H2,1-2H3,(H2,28,29,30,33). The van der Waals surface area contributed by atoms with Gasteiger partial charge in [-0.05, 0) is 57.0 Å². The third kappa shape index (κ3) is 5.54. The SMILES string of the molecule is COC(=O)C1(Cc2ccccc2)CCN(CCNC(=O)Nc2cc(C)nc3ccccc23)CC1. The van der Waals surface area contributed by atoms with E-state index in [2.05, 4.69) is 32.7 Å². The Balaban J connectivity index is 1.28. The fraction of sp³-hybridized carbons (Fsp3) is 0.370. The topological polar surface area (TPSA) is 83.6 Å². The molecule has 2 aromatic carbocycles. The Bertz CT molecular complexity index is 1140. The van der Waals surface area contributed by atoms with Crippen LogP contribution in [0.15, 0.2) is 60.7 Å². The van der Waals surface area contributed by atoms with Gasteiger partial charge in [-0.2, -0.15) is 0 Å². The number of para-hydroxylation sites is 1. The van der Waals surface area contributed by atoms with Gasteiger partial charge >= 0.3 is 12.0 Å². The van der Waals surface area contributed by atoms with Gasteiger partial charge in [-0.15, -0.1) is 0 Å². The number of nitrogens with zero attached hydrogens (tertiary/aromatic N) is 2. The van der Waals surface area contributed by atoms with E-state index >= 15 is 0 Å². The number of amides is 2. The van der Waals surface area contributed by atoms with E-state index in [1.165, 1.54) is 7.11 Å². The molecule has 0 spiro atoms. The highest BCUT2D eigenvalue weighted by Gasteiger charge is 2.42. The summed E-state index contributed by atoms with van der Waals surface area (Å²) >= 11 is 0. The van der Waals surface area contributed by atoms with E-state index in [9.17, 15) is 9.59 Å². The Morgan fingerprint density at radius 3 is 2.50 bits per heavy atom. The third-order valence-corrected chi connectivity index (χ3v) is 6.62. The quantitative estimate of drug-likeness (QED) is 0.517. The number of rotatable bonds is 7. The molecule has 0 bridgehead atoms. The second kappa shape index (κ2) is 10.7. The zero-order valence-corrected chi connectivity index (χ0v) is 19.8.